The Balaban J connectivity index is 2.44. The summed E-state index contributed by atoms with van der Waals surface area (Å²) in [5, 5.41) is 4.71. The molecule has 0 amide bonds. The van der Waals surface area contributed by atoms with E-state index >= 15 is 0 Å². The quantitative estimate of drug-likeness (QED) is 0.789. The number of hydrogen-bond acceptors (Lipinski definition) is 3. The second-order valence-electron chi connectivity index (χ2n) is 5.40. The SMILES string of the molecule is CCCNc1nc2c(CCOC)cccc2cc1CCC. The first-order valence-electron chi connectivity index (χ1n) is 7.94. The molecule has 1 aromatic heterocycles. The molecule has 2 aromatic rings. The van der Waals surface area contributed by atoms with Gasteiger partial charge in [0.1, 0.15) is 5.82 Å². The highest BCUT2D eigenvalue weighted by Crippen LogP contribution is 2.24. The molecule has 0 radical (unpaired) electrons. The van der Waals surface area contributed by atoms with Crippen molar-refractivity contribution >= 4 is 16.7 Å². The number of benzene rings is 1. The molecular weight excluding hydrogens is 260 g/mol. The maximum absolute atomic E-state index is 5.21. The minimum Gasteiger partial charge on any atom is -0.384 e. The van der Waals surface area contributed by atoms with Crippen molar-refractivity contribution in [3.63, 3.8) is 0 Å². The van der Waals surface area contributed by atoms with Crippen LogP contribution in [0.2, 0.25) is 0 Å². The van der Waals surface area contributed by atoms with Gasteiger partial charge in [-0.1, -0.05) is 38.5 Å². The van der Waals surface area contributed by atoms with Crippen molar-refractivity contribution in [3.05, 3.63) is 35.4 Å². The topological polar surface area (TPSA) is 34.2 Å². The lowest BCUT2D eigenvalue weighted by Crippen LogP contribution is -2.07. The molecular formula is C18H26N2O. The van der Waals surface area contributed by atoms with Crippen LogP contribution in [0, 0.1) is 0 Å². The Kier molecular flexibility index (Phi) is 6.00. The van der Waals surface area contributed by atoms with Crippen LogP contribution in [0.15, 0.2) is 24.3 Å². The van der Waals surface area contributed by atoms with Crippen LogP contribution < -0.4 is 5.32 Å². The fourth-order valence-electron chi connectivity index (χ4n) is 2.57. The van der Waals surface area contributed by atoms with E-state index in [2.05, 4.69) is 43.4 Å². The van der Waals surface area contributed by atoms with E-state index in [-0.39, 0.29) is 0 Å². The van der Waals surface area contributed by atoms with Crippen LogP contribution in [-0.4, -0.2) is 25.2 Å². The molecule has 0 aliphatic heterocycles. The average Bonchev–Trinajstić information content (AvgIpc) is 2.51. The molecule has 0 unspecified atom stereocenters. The molecule has 1 N–H and O–H groups in total. The van der Waals surface area contributed by atoms with E-state index in [0.717, 1.165) is 50.2 Å². The van der Waals surface area contributed by atoms with Crippen molar-refractivity contribution in [1.29, 1.82) is 0 Å². The van der Waals surface area contributed by atoms with Gasteiger partial charge in [0.25, 0.3) is 0 Å². The normalized spacial score (nSPS) is 11.0. The van der Waals surface area contributed by atoms with Gasteiger partial charge < -0.3 is 10.1 Å². The number of para-hydroxylation sites is 1. The first kappa shape index (κ1) is 15.8. The standard InChI is InChI=1S/C18H26N2O/c1-4-7-16-13-15-9-6-8-14(10-12-21-3)17(15)20-18(16)19-11-5-2/h6,8-9,13H,4-5,7,10-12H2,1-3H3,(H,19,20). The molecule has 0 atom stereocenters. The van der Waals surface area contributed by atoms with Gasteiger partial charge in [-0.2, -0.15) is 0 Å². The van der Waals surface area contributed by atoms with Crippen molar-refractivity contribution < 1.29 is 4.74 Å². The molecule has 114 valence electrons. The number of fused-ring (bicyclic) bond motifs is 1. The minimum absolute atomic E-state index is 0.731. The Hall–Kier alpha value is -1.61. The number of nitrogens with zero attached hydrogens (tertiary/aromatic N) is 1. The van der Waals surface area contributed by atoms with Crippen LogP contribution in [0.1, 0.15) is 37.8 Å². The summed E-state index contributed by atoms with van der Waals surface area (Å²) in [5.74, 6) is 1.05. The van der Waals surface area contributed by atoms with Crippen LogP contribution >= 0.6 is 0 Å². The van der Waals surface area contributed by atoms with Gasteiger partial charge in [0.05, 0.1) is 12.1 Å². The predicted molar refractivity (Wildman–Crippen MR) is 90.1 cm³/mol. The summed E-state index contributed by atoms with van der Waals surface area (Å²) >= 11 is 0. The molecule has 21 heavy (non-hydrogen) atoms. The molecule has 0 saturated heterocycles. The van der Waals surface area contributed by atoms with Crippen LogP contribution in [0.4, 0.5) is 5.82 Å². The largest absolute Gasteiger partial charge is 0.384 e. The van der Waals surface area contributed by atoms with Gasteiger partial charge in [-0.3, -0.25) is 0 Å². The van der Waals surface area contributed by atoms with E-state index in [1.54, 1.807) is 7.11 Å². The second kappa shape index (κ2) is 7.99. The monoisotopic (exact) mass is 286 g/mol. The Morgan fingerprint density at radius 1 is 1.10 bits per heavy atom. The molecule has 1 heterocycles. The van der Waals surface area contributed by atoms with E-state index in [4.69, 9.17) is 9.72 Å². The van der Waals surface area contributed by atoms with E-state index in [1.807, 2.05) is 0 Å². The van der Waals surface area contributed by atoms with E-state index in [1.165, 1.54) is 16.5 Å². The summed E-state index contributed by atoms with van der Waals surface area (Å²) in [5.41, 5.74) is 3.69. The molecule has 0 spiro atoms. The van der Waals surface area contributed by atoms with Crippen molar-refractivity contribution in [1.82, 2.24) is 4.98 Å². The summed E-state index contributed by atoms with van der Waals surface area (Å²) in [6.07, 6.45) is 4.21. The van der Waals surface area contributed by atoms with E-state index in [0.29, 0.717) is 0 Å². The summed E-state index contributed by atoms with van der Waals surface area (Å²) in [6.45, 7) is 6.09. The number of aromatic nitrogens is 1. The molecule has 2 rings (SSSR count). The lowest BCUT2D eigenvalue weighted by Gasteiger charge is -2.13. The molecule has 3 nitrogen and oxygen atoms in total. The zero-order valence-corrected chi connectivity index (χ0v) is 13.4. The van der Waals surface area contributed by atoms with Gasteiger partial charge in [-0.15, -0.1) is 0 Å². The predicted octanol–water partition coefficient (Wildman–Crippen LogP) is 4.20. The summed E-state index contributed by atoms with van der Waals surface area (Å²) in [7, 11) is 1.74. The second-order valence-corrected chi connectivity index (χ2v) is 5.40. The summed E-state index contributed by atoms with van der Waals surface area (Å²) in [6, 6.07) is 8.71. The highest BCUT2D eigenvalue weighted by atomic mass is 16.5. The van der Waals surface area contributed by atoms with Crippen LogP contribution in [0.25, 0.3) is 10.9 Å². The lowest BCUT2D eigenvalue weighted by molar-refractivity contribution is 0.202. The zero-order valence-electron chi connectivity index (χ0n) is 13.4. The number of rotatable bonds is 8. The van der Waals surface area contributed by atoms with Gasteiger partial charge in [0.2, 0.25) is 0 Å². The highest BCUT2D eigenvalue weighted by molar-refractivity contribution is 5.84. The molecule has 0 saturated carbocycles. The summed E-state index contributed by atoms with van der Waals surface area (Å²) < 4.78 is 5.21. The van der Waals surface area contributed by atoms with Crippen molar-refractivity contribution in [2.45, 2.75) is 39.5 Å². The third-order valence-electron chi connectivity index (χ3n) is 3.65. The molecule has 0 aliphatic carbocycles. The first-order valence-corrected chi connectivity index (χ1v) is 7.94. The third kappa shape index (κ3) is 3.94. The zero-order chi connectivity index (χ0) is 15.1. The number of methoxy groups -OCH3 is 1. The van der Waals surface area contributed by atoms with Crippen LogP contribution in [0.3, 0.4) is 0 Å². The van der Waals surface area contributed by atoms with Gasteiger partial charge in [0, 0.05) is 19.0 Å². The molecule has 0 bridgehead atoms. The fourth-order valence-corrected chi connectivity index (χ4v) is 2.57. The first-order chi connectivity index (χ1) is 10.3. The van der Waals surface area contributed by atoms with Crippen LogP contribution in [-0.2, 0) is 17.6 Å². The molecule has 1 aromatic carbocycles. The van der Waals surface area contributed by atoms with E-state index < -0.39 is 0 Å². The van der Waals surface area contributed by atoms with Gasteiger partial charge >= 0.3 is 0 Å². The van der Waals surface area contributed by atoms with Crippen molar-refractivity contribution in [2.75, 3.05) is 25.6 Å². The number of anilines is 1. The Morgan fingerprint density at radius 2 is 1.95 bits per heavy atom. The lowest BCUT2D eigenvalue weighted by atomic mass is 10.0. The average molecular weight is 286 g/mol. The maximum Gasteiger partial charge on any atom is 0.129 e. The highest BCUT2D eigenvalue weighted by Gasteiger charge is 2.09. The van der Waals surface area contributed by atoms with Gasteiger partial charge in [-0.25, -0.2) is 4.98 Å². The number of ether oxygens (including phenoxy) is 1. The number of aryl methyl sites for hydroxylation is 1. The van der Waals surface area contributed by atoms with Crippen LogP contribution in [0.5, 0.6) is 0 Å². The fraction of sp³-hybridized carbons (Fsp3) is 0.500. The Labute approximate surface area is 127 Å². The third-order valence-corrected chi connectivity index (χ3v) is 3.65. The Morgan fingerprint density at radius 3 is 2.67 bits per heavy atom. The number of pyridine rings is 1. The smallest absolute Gasteiger partial charge is 0.129 e. The minimum atomic E-state index is 0.731. The van der Waals surface area contributed by atoms with Crippen molar-refractivity contribution in [3.8, 4) is 0 Å². The number of hydrogen-bond donors (Lipinski definition) is 1. The van der Waals surface area contributed by atoms with Gasteiger partial charge in [0.15, 0.2) is 0 Å². The van der Waals surface area contributed by atoms with Gasteiger partial charge in [-0.05, 0) is 36.5 Å². The molecule has 3 heteroatoms. The van der Waals surface area contributed by atoms with Crippen molar-refractivity contribution in [2.24, 2.45) is 0 Å². The summed E-state index contributed by atoms with van der Waals surface area (Å²) in [4.78, 5) is 4.92. The maximum atomic E-state index is 5.21. The molecule has 0 aliphatic rings. The Bertz CT molecular complexity index is 581. The van der Waals surface area contributed by atoms with E-state index in [9.17, 15) is 0 Å². The number of nitrogens with one attached hydrogen (secondary N) is 1. The molecule has 0 fully saturated rings.